The van der Waals surface area contributed by atoms with E-state index in [0.29, 0.717) is 17.9 Å². The highest BCUT2D eigenvalue weighted by Crippen LogP contribution is 2.53. The molecule has 2 aliphatic rings. The molecule has 4 nitrogen and oxygen atoms in total. The predicted molar refractivity (Wildman–Crippen MR) is 120 cm³/mol. The Morgan fingerprint density at radius 1 is 0.774 bits per heavy atom. The first-order valence-electron chi connectivity index (χ1n) is 10.5. The molecule has 0 radical (unpaired) electrons. The molecule has 3 atom stereocenters. The van der Waals surface area contributed by atoms with Crippen LogP contribution in [0, 0.1) is 0 Å². The smallest absolute Gasteiger partial charge is 0.200 e. The highest BCUT2D eigenvalue weighted by atomic mass is 16.5. The molecule has 2 aliphatic heterocycles. The van der Waals surface area contributed by atoms with Crippen molar-refractivity contribution in [3.63, 3.8) is 0 Å². The van der Waals surface area contributed by atoms with Gasteiger partial charge in [0.25, 0.3) is 0 Å². The van der Waals surface area contributed by atoms with Crippen molar-refractivity contribution < 1.29 is 9.53 Å². The number of hydrogen-bond acceptors (Lipinski definition) is 4. The second-order valence-corrected chi connectivity index (χ2v) is 8.14. The minimum atomic E-state index is -1.13. The lowest BCUT2D eigenvalue weighted by Gasteiger charge is -2.41. The zero-order valence-electron chi connectivity index (χ0n) is 16.8. The van der Waals surface area contributed by atoms with Crippen LogP contribution in [-0.4, -0.2) is 17.9 Å². The fourth-order valence-corrected chi connectivity index (χ4v) is 4.93. The van der Waals surface area contributed by atoms with Gasteiger partial charge < -0.3 is 4.74 Å². The summed E-state index contributed by atoms with van der Waals surface area (Å²) < 4.78 is 6.49. The van der Waals surface area contributed by atoms with Gasteiger partial charge in [-0.15, -0.1) is 0 Å². The predicted octanol–water partition coefficient (Wildman–Crippen LogP) is 6.14. The molecule has 150 valence electrons. The number of rotatable bonds is 2. The van der Waals surface area contributed by atoms with Crippen LogP contribution in [0.5, 0.6) is 5.75 Å². The number of nitrogens with zero attached hydrogens (tertiary/aromatic N) is 2. The molecule has 0 aliphatic carbocycles. The molecule has 0 bridgehead atoms. The Balaban J connectivity index is 1.56. The van der Waals surface area contributed by atoms with Crippen molar-refractivity contribution in [1.82, 2.24) is 0 Å². The lowest BCUT2D eigenvalue weighted by molar-refractivity contribution is 0.0522. The van der Waals surface area contributed by atoms with Gasteiger partial charge in [-0.05, 0) is 34.0 Å². The highest BCUT2D eigenvalue weighted by Gasteiger charge is 2.60. The molecule has 4 aromatic carbocycles. The van der Waals surface area contributed by atoms with Gasteiger partial charge in [0, 0.05) is 5.92 Å². The van der Waals surface area contributed by atoms with Crippen molar-refractivity contribution in [3.05, 3.63) is 114 Å². The fraction of sp³-hybridized carbons (Fsp3) is 0.148. The molecule has 6 rings (SSSR count). The first-order valence-corrected chi connectivity index (χ1v) is 10.5. The largest absolute Gasteiger partial charge is 0.482 e. The summed E-state index contributed by atoms with van der Waals surface area (Å²) in [6.07, 6.45) is -0.543. The Hall–Kier alpha value is -3.79. The number of carbonyl (C=O) groups excluding carboxylic acids is 1. The van der Waals surface area contributed by atoms with Crippen LogP contribution >= 0.6 is 0 Å². The molecular weight excluding hydrogens is 384 g/mol. The summed E-state index contributed by atoms with van der Waals surface area (Å²) >= 11 is 0. The van der Waals surface area contributed by atoms with Crippen molar-refractivity contribution >= 4 is 16.6 Å². The molecule has 4 aromatic rings. The van der Waals surface area contributed by atoms with Crippen LogP contribution in [0.2, 0.25) is 0 Å². The molecule has 0 amide bonds. The number of benzene rings is 4. The second-order valence-electron chi connectivity index (χ2n) is 8.14. The second kappa shape index (κ2) is 6.88. The summed E-state index contributed by atoms with van der Waals surface area (Å²) in [4.78, 5) is 14.0. The van der Waals surface area contributed by atoms with Crippen LogP contribution in [0.25, 0.3) is 10.8 Å². The zero-order chi connectivity index (χ0) is 20.8. The minimum absolute atomic E-state index is 0.0254. The summed E-state index contributed by atoms with van der Waals surface area (Å²) in [5.41, 5.74) is 1.43. The van der Waals surface area contributed by atoms with Gasteiger partial charge in [-0.2, -0.15) is 10.2 Å². The quantitative estimate of drug-likeness (QED) is 0.403. The SMILES string of the molecule is O=C1c2ccccc2OC(c2ccccc2)C12N=NC[C@H]2c1ccc2ccccc2c1. The van der Waals surface area contributed by atoms with Crippen molar-refractivity contribution in [2.24, 2.45) is 10.2 Å². The third-order valence-electron chi connectivity index (χ3n) is 6.45. The molecule has 0 saturated carbocycles. The third kappa shape index (κ3) is 2.65. The number of carbonyl (C=O) groups is 1. The molecular formula is C27H20N2O2. The zero-order valence-corrected chi connectivity index (χ0v) is 16.8. The van der Waals surface area contributed by atoms with Gasteiger partial charge >= 0.3 is 0 Å². The topological polar surface area (TPSA) is 51.0 Å². The van der Waals surface area contributed by atoms with E-state index in [2.05, 4.69) is 40.6 Å². The highest BCUT2D eigenvalue weighted by molar-refractivity contribution is 6.08. The normalized spacial score (nSPS) is 24.3. The fourth-order valence-electron chi connectivity index (χ4n) is 4.93. The maximum absolute atomic E-state index is 14.0. The Morgan fingerprint density at radius 2 is 1.52 bits per heavy atom. The number of azo groups is 1. The van der Waals surface area contributed by atoms with Gasteiger partial charge in [-0.1, -0.05) is 84.9 Å². The van der Waals surface area contributed by atoms with Gasteiger partial charge in [0.1, 0.15) is 5.75 Å². The molecule has 0 fully saturated rings. The molecule has 31 heavy (non-hydrogen) atoms. The lowest BCUT2D eigenvalue weighted by atomic mass is 9.69. The van der Waals surface area contributed by atoms with Gasteiger partial charge in [-0.3, -0.25) is 4.79 Å². The lowest BCUT2D eigenvalue weighted by Crippen LogP contribution is -2.51. The van der Waals surface area contributed by atoms with Crippen LogP contribution in [0.1, 0.15) is 33.5 Å². The Kier molecular flexibility index (Phi) is 4.00. The third-order valence-corrected chi connectivity index (χ3v) is 6.45. The van der Waals surface area contributed by atoms with Crippen molar-refractivity contribution in [3.8, 4) is 5.75 Å². The van der Waals surface area contributed by atoms with E-state index >= 15 is 0 Å². The molecule has 4 heteroatoms. The number of ether oxygens (including phenoxy) is 1. The number of ketones is 1. The van der Waals surface area contributed by atoms with Crippen LogP contribution in [0.15, 0.2) is 107 Å². The van der Waals surface area contributed by atoms with Gasteiger partial charge in [0.05, 0.1) is 12.1 Å². The average molecular weight is 404 g/mol. The van der Waals surface area contributed by atoms with E-state index in [0.717, 1.165) is 16.5 Å². The first-order chi connectivity index (χ1) is 15.3. The van der Waals surface area contributed by atoms with Crippen LogP contribution in [0.3, 0.4) is 0 Å². The maximum Gasteiger partial charge on any atom is 0.200 e. The van der Waals surface area contributed by atoms with Crippen molar-refractivity contribution in [1.29, 1.82) is 0 Å². The number of hydrogen-bond donors (Lipinski definition) is 0. The summed E-state index contributed by atoms with van der Waals surface area (Å²) in [5, 5.41) is 11.4. The van der Waals surface area contributed by atoms with E-state index in [9.17, 15) is 4.79 Å². The molecule has 1 spiro atoms. The Bertz CT molecular complexity index is 1330. The molecule has 2 unspecified atom stereocenters. The Labute approximate surface area is 180 Å². The minimum Gasteiger partial charge on any atom is -0.482 e. The number of para-hydroxylation sites is 1. The van der Waals surface area contributed by atoms with E-state index in [1.807, 2.05) is 66.7 Å². The van der Waals surface area contributed by atoms with Gasteiger partial charge in [0.2, 0.25) is 5.78 Å². The van der Waals surface area contributed by atoms with E-state index in [1.54, 1.807) is 0 Å². The maximum atomic E-state index is 14.0. The van der Waals surface area contributed by atoms with E-state index < -0.39 is 11.6 Å². The van der Waals surface area contributed by atoms with E-state index in [1.165, 1.54) is 5.39 Å². The summed E-state index contributed by atoms with van der Waals surface area (Å²) in [7, 11) is 0. The van der Waals surface area contributed by atoms with E-state index in [-0.39, 0.29) is 11.7 Å². The summed E-state index contributed by atoms with van der Waals surface area (Å²) in [6.45, 7) is 0.457. The molecule has 0 aromatic heterocycles. The number of Topliss-reactive ketones (excluding diaryl/α,β-unsaturated/α-hetero) is 1. The van der Waals surface area contributed by atoms with Crippen LogP contribution in [-0.2, 0) is 0 Å². The van der Waals surface area contributed by atoms with Crippen molar-refractivity contribution in [2.45, 2.75) is 17.6 Å². The number of fused-ring (bicyclic) bond motifs is 2. The standard InChI is InChI=1S/C27H20N2O2/c30-25-22-12-6-7-13-24(22)31-26(19-9-2-1-3-10-19)27(25)23(17-28-29-27)21-15-14-18-8-4-5-11-20(18)16-21/h1-16,23,26H,17H2/t23-,26?,27?/m0/s1. The molecule has 0 N–H and O–H groups in total. The monoisotopic (exact) mass is 404 g/mol. The first kappa shape index (κ1) is 18.0. The summed E-state index contributed by atoms with van der Waals surface area (Å²) in [6, 6.07) is 32.0. The van der Waals surface area contributed by atoms with E-state index in [4.69, 9.17) is 4.74 Å². The van der Waals surface area contributed by atoms with Crippen molar-refractivity contribution in [2.75, 3.05) is 6.54 Å². The molecule has 2 heterocycles. The Morgan fingerprint density at radius 3 is 2.39 bits per heavy atom. The van der Waals surface area contributed by atoms with Crippen LogP contribution in [0.4, 0.5) is 0 Å². The summed E-state index contributed by atoms with van der Waals surface area (Å²) in [5.74, 6) is 0.372. The molecule has 0 saturated heterocycles. The average Bonchev–Trinajstić information content (AvgIpc) is 3.27. The van der Waals surface area contributed by atoms with Gasteiger partial charge in [-0.25, -0.2) is 0 Å². The van der Waals surface area contributed by atoms with Gasteiger partial charge in [0.15, 0.2) is 11.6 Å². The van der Waals surface area contributed by atoms with Crippen LogP contribution < -0.4 is 4.74 Å².